The first-order chi connectivity index (χ1) is 10.4. The fourth-order valence-electron chi connectivity index (χ4n) is 2.53. The molecule has 22 heavy (non-hydrogen) atoms. The summed E-state index contributed by atoms with van der Waals surface area (Å²) in [4.78, 5) is 24.1. The van der Waals surface area contributed by atoms with Crippen molar-refractivity contribution < 1.29 is 19.1 Å². The van der Waals surface area contributed by atoms with Crippen molar-refractivity contribution in [2.75, 3.05) is 0 Å². The Balaban J connectivity index is 2.12. The topological polar surface area (TPSA) is 52.6 Å². The van der Waals surface area contributed by atoms with E-state index in [1.165, 1.54) is 19.9 Å². The number of cyclic esters (lactones) is 2. The fourth-order valence-corrected chi connectivity index (χ4v) is 2.53. The molecular weight excluding hydrogens is 280 g/mol. The molecule has 1 saturated heterocycles. The van der Waals surface area contributed by atoms with Crippen molar-refractivity contribution >= 4 is 28.8 Å². The van der Waals surface area contributed by atoms with Crippen molar-refractivity contribution in [2.45, 2.75) is 26.6 Å². The Labute approximate surface area is 128 Å². The third-order valence-electron chi connectivity index (χ3n) is 3.59. The summed E-state index contributed by atoms with van der Waals surface area (Å²) in [6.07, 6.45) is 1.53. The summed E-state index contributed by atoms with van der Waals surface area (Å²) >= 11 is 0. The summed E-state index contributed by atoms with van der Waals surface area (Å²) < 4.78 is 10.2. The molecule has 0 saturated carbocycles. The zero-order valence-corrected chi connectivity index (χ0v) is 12.7. The van der Waals surface area contributed by atoms with E-state index in [9.17, 15) is 9.59 Å². The minimum absolute atomic E-state index is 0.0895. The minimum atomic E-state index is -1.22. The Morgan fingerprint density at radius 3 is 2.14 bits per heavy atom. The smallest absolute Gasteiger partial charge is 0.348 e. The Morgan fingerprint density at radius 1 is 0.909 bits per heavy atom. The highest BCUT2D eigenvalue weighted by molar-refractivity contribution is 6.19. The average Bonchev–Trinajstić information content (AvgIpc) is 2.44. The van der Waals surface area contributed by atoms with Crippen LogP contribution in [-0.4, -0.2) is 17.7 Å². The third-order valence-corrected chi connectivity index (χ3v) is 3.59. The van der Waals surface area contributed by atoms with Gasteiger partial charge in [0.15, 0.2) is 0 Å². The zero-order chi connectivity index (χ0) is 15.9. The predicted octanol–water partition coefficient (Wildman–Crippen LogP) is 3.37. The zero-order valence-electron chi connectivity index (χ0n) is 12.7. The van der Waals surface area contributed by atoms with Gasteiger partial charge in [0.05, 0.1) is 0 Å². The predicted molar refractivity (Wildman–Crippen MR) is 82.9 cm³/mol. The van der Waals surface area contributed by atoms with Crippen LogP contribution in [0.3, 0.4) is 0 Å². The van der Waals surface area contributed by atoms with Gasteiger partial charge in [-0.05, 0) is 34.9 Å². The van der Waals surface area contributed by atoms with Crippen LogP contribution < -0.4 is 0 Å². The number of carbonyl (C=O) groups excluding carboxylic acids is 2. The quantitative estimate of drug-likeness (QED) is 0.460. The van der Waals surface area contributed by atoms with Crippen molar-refractivity contribution in [1.29, 1.82) is 0 Å². The highest BCUT2D eigenvalue weighted by Gasteiger charge is 2.38. The van der Waals surface area contributed by atoms with Gasteiger partial charge >= 0.3 is 11.9 Å². The van der Waals surface area contributed by atoms with E-state index in [4.69, 9.17) is 9.47 Å². The molecule has 0 radical (unpaired) electrons. The molecule has 4 heteroatoms. The molecule has 0 aliphatic carbocycles. The summed E-state index contributed by atoms with van der Waals surface area (Å²) in [5.74, 6) is -2.54. The molecule has 0 amide bonds. The monoisotopic (exact) mass is 296 g/mol. The lowest BCUT2D eigenvalue weighted by atomic mass is 9.98. The average molecular weight is 296 g/mol. The number of aryl methyl sites for hydroxylation is 1. The maximum absolute atomic E-state index is 12.0. The molecule has 0 spiro atoms. The molecule has 1 aliphatic rings. The Bertz CT molecular complexity index is 793. The van der Waals surface area contributed by atoms with Gasteiger partial charge in [0.1, 0.15) is 5.57 Å². The van der Waals surface area contributed by atoms with Gasteiger partial charge < -0.3 is 9.47 Å². The second-order valence-corrected chi connectivity index (χ2v) is 5.75. The molecular formula is C18H16O4. The van der Waals surface area contributed by atoms with E-state index in [2.05, 4.69) is 0 Å². The van der Waals surface area contributed by atoms with Crippen molar-refractivity contribution in [3.63, 3.8) is 0 Å². The van der Waals surface area contributed by atoms with Crippen LogP contribution in [0.5, 0.6) is 0 Å². The molecule has 3 rings (SSSR count). The summed E-state index contributed by atoms with van der Waals surface area (Å²) in [6, 6.07) is 11.7. The number of rotatable bonds is 1. The van der Waals surface area contributed by atoms with E-state index >= 15 is 0 Å². The molecule has 2 aromatic carbocycles. The van der Waals surface area contributed by atoms with Crippen LogP contribution in [0.4, 0.5) is 0 Å². The molecule has 4 nitrogen and oxygen atoms in total. The first-order valence-corrected chi connectivity index (χ1v) is 7.04. The Morgan fingerprint density at radius 2 is 1.50 bits per heavy atom. The van der Waals surface area contributed by atoms with E-state index in [0.717, 1.165) is 21.9 Å². The number of fused-ring (bicyclic) bond motifs is 1. The van der Waals surface area contributed by atoms with E-state index < -0.39 is 17.7 Å². The largest absolute Gasteiger partial charge is 0.419 e. The van der Waals surface area contributed by atoms with E-state index in [-0.39, 0.29) is 5.57 Å². The molecule has 2 aromatic rings. The molecule has 0 unspecified atom stereocenters. The molecule has 1 fully saturated rings. The van der Waals surface area contributed by atoms with Crippen molar-refractivity contribution in [2.24, 2.45) is 0 Å². The van der Waals surface area contributed by atoms with Crippen LogP contribution in [0.25, 0.3) is 16.8 Å². The molecule has 0 bridgehead atoms. The maximum Gasteiger partial charge on any atom is 0.348 e. The first-order valence-electron chi connectivity index (χ1n) is 7.04. The number of hydrogen-bond acceptors (Lipinski definition) is 4. The molecule has 0 atom stereocenters. The summed E-state index contributed by atoms with van der Waals surface area (Å²) in [7, 11) is 0. The van der Waals surface area contributed by atoms with Crippen molar-refractivity contribution in [3.05, 3.63) is 53.1 Å². The maximum atomic E-state index is 12.0. The van der Waals surface area contributed by atoms with Crippen LogP contribution in [0, 0.1) is 6.92 Å². The van der Waals surface area contributed by atoms with E-state index in [0.29, 0.717) is 0 Å². The lowest BCUT2D eigenvalue weighted by molar-refractivity contribution is -0.222. The van der Waals surface area contributed by atoms with Gasteiger partial charge in [-0.3, -0.25) is 0 Å². The molecule has 1 aliphatic heterocycles. The second kappa shape index (κ2) is 4.98. The fraction of sp³-hybridized carbons (Fsp3) is 0.222. The number of esters is 2. The first kappa shape index (κ1) is 14.3. The number of benzene rings is 2. The molecule has 112 valence electrons. The lowest BCUT2D eigenvalue weighted by Crippen LogP contribution is -2.41. The summed E-state index contributed by atoms with van der Waals surface area (Å²) in [6.45, 7) is 5.08. The summed E-state index contributed by atoms with van der Waals surface area (Å²) in [5, 5.41) is 2.05. The van der Waals surface area contributed by atoms with Gasteiger partial charge in [0, 0.05) is 13.8 Å². The van der Waals surface area contributed by atoms with Gasteiger partial charge in [-0.2, -0.15) is 0 Å². The number of ether oxygens (including phenoxy) is 2. The van der Waals surface area contributed by atoms with Crippen molar-refractivity contribution in [1.82, 2.24) is 0 Å². The molecule has 0 N–H and O–H groups in total. The molecule has 0 aromatic heterocycles. The van der Waals surface area contributed by atoms with Gasteiger partial charge in [-0.25, -0.2) is 9.59 Å². The SMILES string of the molecule is Cc1ccc(C=C2C(=O)OC(C)(C)OC2=O)c2ccccc12. The molecule has 1 heterocycles. The Kier molecular flexibility index (Phi) is 3.24. The minimum Gasteiger partial charge on any atom is -0.419 e. The second-order valence-electron chi connectivity index (χ2n) is 5.75. The van der Waals surface area contributed by atoms with Crippen molar-refractivity contribution in [3.8, 4) is 0 Å². The van der Waals surface area contributed by atoms with Gasteiger partial charge in [0.2, 0.25) is 0 Å². The van der Waals surface area contributed by atoms with Gasteiger partial charge in [-0.1, -0.05) is 36.4 Å². The van der Waals surface area contributed by atoms with Crippen LogP contribution in [0.15, 0.2) is 42.0 Å². The normalized spacial score (nSPS) is 17.1. The highest BCUT2D eigenvalue weighted by Crippen LogP contribution is 2.28. The van der Waals surface area contributed by atoms with Crippen LogP contribution in [0.1, 0.15) is 25.0 Å². The van der Waals surface area contributed by atoms with Crippen LogP contribution in [-0.2, 0) is 19.1 Å². The van der Waals surface area contributed by atoms with E-state index in [1.807, 2.05) is 43.3 Å². The third kappa shape index (κ3) is 2.48. The van der Waals surface area contributed by atoms with Crippen LogP contribution in [0.2, 0.25) is 0 Å². The lowest BCUT2D eigenvalue weighted by Gasteiger charge is -2.29. The van der Waals surface area contributed by atoms with Gasteiger partial charge in [0.25, 0.3) is 5.79 Å². The Hall–Kier alpha value is -2.62. The number of carbonyl (C=O) groups is 2. The van der Waals surface area contributed by atoms with Gasteiger partial charge in [-0.15, -0.1) is 0 Å². The highest BCUT2D eigenvalue weighted by atomic mass is 16.7. The summed E-state index contributed by atoms with van der Waals surface area (Å²) in [5.41, 5.74) is 1.82. The van der Waals surface area contributed by atoms with Crippen LogP contribution >= 0.6 is 0 Å². The van der Waals surface area contributed by atoms with E-state index in [1.54, 1.807) is 0 Å². The number of hydrogen-bond donors (Lipinski definition) is 0. The standard InChI is InChI=1S/C18H16O4/c1-11-8-9-12(14-7-5-4-6-13(11)14)10-15-16(19)21-18(2,3)22-17(15)20/h4-10H,1-3H3.